The van der Waals surface area contributed by atoms with E-state index in [0.717, 1.165) is 11.3 Å². The summed E-state index contributed by atoms with van der Waals surface area (Å²) in [5, 5.41) is 3.12. The molecule has 1 aliphatic heterocycles. The summed E-state index contributed by atoms with van der Waals surface area (Å²) in [4.78, 5) is 25.5. The monoisotopic (exact) mass is 306 g/mol. The third-order valence-corrected chi connectivity index (χ3v) is 3.67. The number of rotatable bonds is 4. The van der Waals surface area contributed by atoms with Gasteiger partial charge in [-0.15, -0.1) is 0 Å². The maximum Gasteiger partial charge on any atom is 0.337 e. The molecule has 1 heterocycles. The molecule has 0 aliphatic carbocycles. The molecule has 0 spiro atoms. The third kappa shape index (κ3) is 3.98. The summed E-state index contributed by atoms with van der Waals surface area (Å²) in [5.74, 6) is -0.320. The zero-order valence-electron chi connectivity index (χ0n) is 13.2. The first-order chi connectivity index (χ1) is 10.5. The number of esters is 1. The van der Waals surface area contributed by atoms with Gasteiger partial charge in [-0.05, 0) is 37.6 Å². The van der Waals surface area contributed by atoms with Crippen molar-refractivity contribution in [2.45, 2.75) is 20.0 Å². The summed E-state index contributed by atoms with van der Waals surface area (Å²) in [5.41, 5.74) is 2.23. The molecule has 120 valence electrons. The highest BCUT2D eigenvalue weighted by molar-refractivity contribution is 5.90. The molecule has 2 rings (SSSR count). The lowest BCUT2D eigenvalue weighted by Crippen LogP contribution is -2.46. The molecule has 0 bridgehead atoms. The Bertz CT molecular complexity index is 559. The number of carbonyl (C=O) groups is 2. The van der Waals surface area contributed by atoms with Gasteiger partial charge in [-0.2, -0.15) is 0 Å². The van der Waals surface area contributed by atoms with E-state index in [1.54, 1.807) is 23.1 Å². The zero-order chi connectivity index (χ0) is 16.1. The van der Waals surface area contributed by atoms with E-state index in [-0.39, 0.29) is 24.5 Å². The number of aryl methyl sites for hydroxylation is 1. The lowest BCUT2D eigenvalue weighted by atomic mass is 10.1. The molecule has 6 nitrogen and oxygen atoms in total. The lowest BCUT2D eigenvalue weighted by molar-refractivity contribution is -0.136. The minimum absolute atomic E-state index is 0.0478. The molecule has 1 aliphatic rings. The molecule has 22 heavy (non-hydrogen) atoms. The largest absolute Gasteiger partial charge is 0.465 e. The van der Waals surface area contributed by atoms with Crippen LogP contribution in [0.15, 0.2) is 18.2 Å². The Morgan fingerprint density at radius 2 is 2.23 bits per heavy atom. The van der Waals surface area contributed by atoms with Gasteiger partial charge in [0.25, 0.3) is 0 Å². The Morgan fingerprint density at radius 1 is 1.45 bits per heavy atom. The predicted molar refractivity (Wildman–Crippen MR) is 83.0 cm³/mol. The number of amides is 1. The first-order valence-corrected chi connectivity index (χ1v) is 7.33. The number of morpholine rings is 1. The maximum atomic E-state index is 12.2. The Kier molecular flexibility index (Phi) is 5.38. The number of hydrogen-bond donors (Lipinski definition) is 1. The molecule has 1 atom stereocenters. The molecule has 1 N–H and O–H groups in total. The average Bonchev–Trinajstić information content (AvgIpc) is 2.52. The standard InChI is InChI=1S/C16H22N2O4/c1-11-8-13(16(20)21-3)4-5-14(11)17-9-15(19)18-6-7-22-12(2)10-18/h4-5,8,12,17H,6-7,9-10H2,1-3H3/t12-/m1/s1. The number of nitrogens with one attached hydrogen (secondary N) is 1. The topological polar surface area (TPSA) is 67.9 Å². The minimum atomic E-state index is -0.368. The van der Waals surface area contributed by atoms with Gasteiger partial charge < -0.3 is 19.7 Å². The SMILES string of the molecule is COC(=O)c1ccc(NCC(=O)N2CCO[C@H](C)C2)c(C)c1. The van der Waals surface area contributed by atoms with Crippen molar-refractivity contribution in [3.8, 4) is 0 Å². The van der Waals surface area contributed by atoms with E-state index < -0.39 is 0 Å². The van der Waals surface area contributed by atoms with E-state index in [1.165, 1.54) is 7.11 Å². The molecule has 6 heteroatoms. The van der Waals surface area contributed by atoms with Crippen molar-refractivity contribution in [1.29, 1.82) is 0 Å². The van der Waals surface area contributed by atoms with Crippen molar-refractivity contribution < 1.29 is 19.1 Å². The number of carbonyl (C=O) groups excluding carboxylic acids is 2. The summed E-state index contributed by atoms with van der Waals surface area (Å²) < 4.78 is 10.1. The van der Waals surface area contributed by atoms with Crippen LogP contribution in [0, 0.1) is 6.92 Å². The molecule has 1 amide bonds. The van der Waals surface area contributed by atoms with Crippen LogP contribution >= 0.6 is 0 Å². The molecule has 0 saturated carbocycles. The summed E-state index contributed by atoms with van der Waals surface area (Å²) in [6.45, 7) is 5.91. The van der Waals surface area contributed by atoms with Crippen molar-refractivity contribution in [3.63, 3.8) is 0 Å². The molecule has 1 saturated heterocycles. The van der Waals surface area contributed by atoms with Crippen LogP contribution < -0.4 is 5.32 Å². The van der Waals surface area contributed by atoms with Crippen LogP contribution in [0.3, 0.4) is 0 Å². The fraction of sp³-hybridized carbons (Fsp3) is 0.500. The van der Waals surface area contributed by atoms with E-state index >= 15 is 0 Å². The molecule has 1 fully saturated rings. The van der Waals surface area contributed by atoms with Crippen LogP contribution in [0.5, 0.6) is 0 Å². The van der Waals surface area contributed by atoms with E-state index in [9.17, 15) is 9.59 Å². The van der Waals surface area contributed by atoms with Gasteiger partial charge in [0.15, 0.2) is 0 Å². The van der Waals surface area contributed by atoms with Crippen LogP contribution in [-0.4, -0.2) is 56.2 Å². The summed E-state index contributed by atoms with van der Waals surface area (Å²) in [7, 11) is 1.35. The van der Waals surface area contributed by atoms with Gasteiger partial charge in [-0.3, -0.25) is 4.79 Å². The Hall–Kier alpha value is -2.08. The quantitative estimate of drug-likeness (QED) is 0.853. The van der Waals surface area contributed by atoms with E-state index in [4.69, 9.17) is 4.74 Å². The first kappa shape index (κ1) is 16.3. The van der Waals surface area contributed by atoms with Crippen molar-refractivity contribution in [2.24, 2.45) is 0 Å². The second-order valence-corrected chi connectivity index (χ2v) is 5.40. The third-order valence-electron chi connectivity index (χ3n) is 3.67. The number of ether oxygens (including phenoxy) is 2. The van der Waals surface area contributed by atoms with Crippen molar-refractivity contribution in [1.82, 2.24) is 4.90 Å². The van der Waals surface area contributed by atoms with Crippen molar-refractivity contribution >= 4 is 17.6 Å². The number of nitrogens with zero attached hydrogens (tertiary/aromatic N) is 1. The van der Waals surface area contributed by atoms with Crippen LogP contribution in [-0.2, 0) is 14.3 Å². The van der Waals surface area contributed by atoms with E-state index in [2.05, 4.69) is 10.1 Å². The molecular formula is C16H22N2O4. The predicted octanol–water partition coefficient (Wildman–Crippen LogP) is 1.44. The normalized spacial score (nSPS) is 18.0. The zero-order valence-corrected chi connectivity index (χ0v) is 13.2. The minimum Gasteiger partial charge on any atom is -0.465 e. The van der Waals surface area contributed by atoms with Crippen LogP contribution in [0.4, 0.5) is 5.69 Å². The number of methoxy groups -OCH3 is 1. The van der Waals surface area contributed by atoms with Crippen LogP contribution in [0.1, 0.15) is 22.8 Å². The van der Waals surface area contributed by atoms with Gasteiger partial charge in [0.2, 0.25) is 5.91 Å². The molecule has 0 radical (unpaired) electrons. The number of hydrogen-bond acceptors (Lipinski definition) is 5. The Morgan fingerprint density at radius 3 is 2.86 bits per heavy atom. The van der Waals surface area contributed by atoms with Crippen LogP contribution in [0.2, 0.25) is 0 Å². The molecular weight excluding hydrogens is 284 g/mol. The molecule has 1 aromatic rings. The average molecular weight is 306 g/mol. The van der Waals surface area contributed by atoms with Crippen molar-refractivity contribution in [2.75, 3.05) is 38.7 Å². The number of anilines is 1. The highest BCUT2D eigenvalue weighted by Gasteiger charge is 2.21. The fourth-order valence-electron chi connectivity index (χ4n) is 2.43. The lowest BCUT2D eigenvalue weighted by Gasteiger charge is -2.31. The molecule has 1 aromatic carbocycles. The number of benzene rings is 1. The summed E-state index contributed by atoms with van der Waals surface area (Å²) in [6.07, 6.45) is 0.0822. The fourth-order valence-corrected chi connectivity index (χ4v) is 2.43. The molecule has 0 aromatic heterocycles. The smallest absolute Gasteiger partial charge is 0.337 e. The van der Waals surface area contributed by atoms with Gasteiger partial charge in [-0.25, -0.2) is 4.79 Å². The Labute approximate surface area is 130 Å². The summed E-state index contributed by atoms with van der Waals surface area (Å²) in [6, 6.07) is 5.22. The maximum absolute atomic E-state index is 12.2. The second-order valence-electron chi connectivity index (χ2n) is 5.40. The highest BCUT2D eigenvalue weighted by atomic mass is 16.5. The van der Waals surface area contributed by atoms with Gasteiger partial charge in [0.1, 0.15) is 0 Å². The Balaban J connectivity index is 1.93. The van der Waals surface area contributed by atoms with Crippen molar-refractivity contribution in [3.05, 3.63) is 29.3 Å². The van der Waals surface area contributed by atoms with Gasteiger partial charge in [0.05, 0.1) is 31.9 Å². The molecule has 0 unspecified atom stereocenters. The first-order valence-electron chi connectivity index (χ1n) is 7.33. The highest BCUT2D eigenvalue weighted by Crippen LogP contribution is 2.17. The van der Waals surface area contributed by atoms with Crippen LogP contribution in [0.25, 0.3) is 0 Å². The van der Waals surface area contributed by atoms with Gasteiger partial charge in [0, 0.05) is 18.8 Å². The second kappa shape index (κ2) is 7.26. The van der Waals surface area contributed by atoms with Gasteiger partial charge in [-0.1, -0.05) is 0 Å². The van der Waals surface area contributed by atoms with E-state index in [0.29, 0.717) is 25.3 Å². The summed E-state index contributed by atoms with van der Waals surface area (Å²) >= 11 is 0. The van der Waals surface area contributed by atoms with E-state index in [1.807, 2.05) is 13.8 Å². The van der Waals surface area contributed by atoms with Gasteiger partial charge >= 0.3 is 5.97 Å².